The lowest BCUT2D eigenvalue weighted by Gasteiger charge is -2.12. The number of urea groups is 1. The summed E-state index contributed by atoms with van der Waals surface area (Å²) in [5.41, 5.74) is 2.08. The largest absolute Gasteiger partial charge is 0.361 e. The summed E-state index contributed by atoms with van der Waals surface area (Å²) in [4.78, 5) is 40.6. The molecule has 0 radical (unpaired) electrons. The number of aromatic amines is 1. The third-order valence-corrected chi connectivity index (χ3v) is 4.35. The highest BCUT2D eigenvalue weighted by Crippen LogP contribution is 2.19. The molecule has 1 atom stereocenters. The number of para-hydroxylation sites is 1. The molecule has 7 heteroatoms. The van der Waals surface area contributed by atoms with Gasteiger partial charge in [0.05, 0.1) is 6.42 Å². The molecule has 2 aromatic rings. The predicted molar refractivity (Wildman–Crippen MR) is 94.0 cm³/mol. The van der Waals surface area contributed by atoms with Crippen molar-refractivity contribution in [3.8, 4) is 0 Å². The van der Waals surface area contributed by atoms with Crippen LogP contribution in [-0.2, 0) is 16.0 Å². The number of nitrogens with one attached hydrogen (secondary N) is 3. The summed E-state index contributed by atoms with van der Waals surface area (Å²) in [6, 6.07) is 6.70. The van der Waals surface area contributed by atoms with Crippen molar-refractivity contribution in [3.63, 3.8) is 0 Å². The Kier molecular flexibility index (Phi) is 5.02. The van der Waals surface area contributed by atoms with Gasteiger partial charge in [0.2, 0.25) is 5.91 Å². The van der Waals surface area contributed by atoms with Crippen molar-refractivity contribution in [2.75, 3.05) is 13.1 Å². The van der Waals surface area contributed by atoms with E-state index in [1.54, 1.807) is 0 Å². The average Bonchev–Trinajstić information content (AvgIpc) is 3.13. The number of imide groups is 1. The highest BCUT2D eigenvalue weighted by molar-refractivity contribution is 6.05. The van der Waals surface area contributed by atoms with Crippen LogP contribution in [0.2, 0.25) is 0 Å². The minimum atomic E-state index is -0.771. The molecule has 7 nitrogen and oxygen atoms in total. The Bertz CT molecular complexity index is 798. The number of nitrogens with zero attached hydrogens (tertiary/aromatic N) is 1. The number of benzene rings is 1. The summed E-state index contributed by atoms with van der Waals surface area (Å²) in [7, 11) is 0. The maximum absolute atomic E-state index is 12.4. The number of aromatic nitrogens is 1. The molecular weight excluding hydrogens is 320 g/mol. The van der Waals surface area contributed by atoms with E-state index < -0.39 is 12.1 Å². The summed E-state index contributed by atoms with van der Waals surface area (Å²) in [5, 5.41) is 6.40. The van der Waals surface area contributed by atoms with Gasteiger partial charge in [0.1, 0.15) is 6.04 Å². The molecule has 25 heavy (non-hydrogen) atoms. The van der Waals surface area contributed by atoms with Gasteiger partial charge in [-0.3, -0.25) is 14.5 Å². The van der Waals surface area contributed by atoms with Gasteiger partial charge in [-0.05, 0) is 24.5 Å². The fourth-order valence-corrected chi connectivity index (χ4v) is 3.02. The molecule has 2 heterocycles. The Labute approximate surface area is 145 Å². The number of fused-ring (bicyclic) bond motifs is 1. The van der Waals surface area contributed by atoms with Crippen molar-refractivity contribution in [1.29, 1.82) is 0 Å². The van der Waals surface area contributed by atoms with Crippen molar-refractivity contribution in [3.05, 3.63) is 36.0 Å². The predicted octanol–water partition coefficient (Wildman–Crippen LogP) is 1.55. The average molecular weight is 342 g/mol. The summed E-state index contributed by atoms with van der Waals surface area (Å²) in [6.07, 6.45) is 3.28. The van der Waals surface area contributed by atoms with Crippen molar-refractivity contribution in [1.82, 2.24) is 20.5 Å². The van der Waals surface area contributed by atoms with E-state index in [1.807, 2.05) is 37.4 Å². The fraction of sp³-hybridized carbons (Fsp3) is 0.389. The second-order valence-corrected chi connectivity index (χ2v) is 6.16. The van der Waals surface area contributed by atoms with E-state index in [9.17, 15) is 14.4 Å². The Morgan fingerprint density at radius 2 is 2.08 bits per heavy atom. The van der Waals surface area contributed by atoms with Crippen LogP contribution in [-0.4, -0.2) is 46.9 Å². The summed E-state index contributed by atoms with van der Waals surface area (Å²) >= 11 is 0. The van der Waals surface area contributed by atoms with Crippen LogP contribution in [0.1, 0.15) is 25.3 Å². The SMILES string of the molecule is CCCNC(=O)C[C@@H]1NC(=O)N(CCc2c[nH]c3ccccc23)C1=O. The molecule has 0 unspecified atom stereocenters. The fourth-order valence-electron chi connectivity index (χ4n) is 3.02. The van der Waals surface area contributed by atoms with Crippen LogP contribution in [0, 0.1) is 0 Å². The van der Waals surface area contributed by atoms with E-state index in [0.29, 0.717) is 19.5 Å². The molecule has 1 aliphatic rings. The molecular formula is C18H22N4O3. The molecule has 132 valence electrons. The van der Waals surface area contributed by atoms with Crippen LogP contribution in [0.3, 0.4) is 0 Å². The third kappa shape index (κ3) is 3.65. The van der Waals surface area contributed by atoms with Crippen LogP contribution in [0.4, 0.5) is 4.79 Å². The Hall–Kier alpha value is -2.83. The highest BCUT2D eigenvalue weighted by atomic mass is 16.2. The number of H-pyrrole nitrogens is 1. The molecule has 1 aromatic carbocycles. The normalized spacial score (nSPS) is 17.2. The van der Waals surface area contributed by atoms with Crippen LogP contribution in [0.25, 0.3) is 10.9 Å². The lowest BCUT2D eigenvalue weighted by molar-refractivity contribution is -0.130. The zero-order chi connectivity index (χ0) is 17.8. The zero-order valence-electron chi connectivity index (χ0n) is 14.2. The minimum Gasteiger partial charge on any atom is -0.361 e. The molecule has 1 saturated heterocycles. The topological polar surface area (TPSA) is 94.3 Å². The molecule has 3 N–H and O–H groups in total. The molecule has 1 aromatic heterocycles. The molecule has 4 amide bonds. The van der Waals surface area contributed by atoms with E-state index >= 15 is 0 Å². The van der Waals surface area contributed by atoms with Gasteiger partial charge in [0, 0.05) is 30.2 Å². The van der Waals surface area contributed by atoms with Gasteiger partial charge in [-0.1, -0.05) is 25.1 Å². The molecule has 1 fully saturated rings. The van der Waals surface area contributed by atoms with E-state index in [1.165, 1.54) is 4.90 Å². The molecule has 0 saturated carbocycles. The number of rotatable bonds is 7. The standard InChI is InChI=1S/C18H22N4O3/c1-2-8-19-16(23)10-15-17(24)22(18(25)21-15)9-7-12-11-20-14-6-4-3-5-13(12)14/h3-6,11,15,20H,2,7-10H2,1H3,(H,19,23)(H,21,25)/t15-/m0/s1. The lowest BCUT2D eigenvalue weighted by atomic mass is 10.1. The summed E-state index contributed by atoms with van der Waals surface area (Å²) < 4.78 is 0. The van der Waals surface area contributed by atoms with Crippen LogP contribution in [0.15, 0.2) is 30.5 Å². The smallest absolute Gasteiger partial charge is 0.324 e. The van der Waals surface area contributed by atoms with E-state index in [-0.39, 0.29) is 18.2 Å². The van der Waals surface area contributed by atoms with Crippen molar-refractivity contribution >= 4 is 28.7 Å². The monoisotopic (exact) mass is 342 g/mol. The quantitative estimate of drug-likeness (QED) is 0.666. The van der Waals surface area contributed by atoms with Crippen LogP contribution >= 0.6 is 0 Å². The van der Waals surface area contributed by atoms with Crippen molar-refractivity contribution < 1.29 is 14.4 Å². The van der Waals surface area contributed by atoms with Gasteiger partial charge in [-0.25, -0.2) is 4.79 Å². The first-order chi connectivity index (χ1) is 12.1. The van der Waals surface area contributed by atoms with Gasteiger partial charge in [-0.2, -0.15) is 0 Å². The molecule has 1 aliphatic heterocycles. The second-order valence-electron chi connectivity index (χ2n) is 6.16. The minimum absolute atomic E-state index is 0.0197. The Morgan fingerprint density at radius 3 is 2.88 bits per heavy atom. The van der Waals surface area contributed by atoms with E-state index in [2.05, 4.69) is 15.6 Å². The second kappa shape index (κ2) is 7.38. The van der Waals surface area contributed by atoms with Crippen molar-refractivity contribution in [2.24, 2.45) is 0 Å². The number of amides is 4. The Balaban J connectivity index is 1.60. The molecule has 0 bridgehead atoms. The van der Waals surface area contributed by atoms with Crippen LogP contribution < -0.4 is 10.6 Å². The summed E-state index contributed by atoms with van der Waals surface area (Å²) in [6.45, 7) is 2.81. The Morgan fingerprint density at radius 1 is 1.28 bits per heavy atom. The number of carbonyl (C=O) groups is 3. The molecule has 3 rings (SSSR count). The maximum atomic E-state index is 12.4. The first-order valence-electron chi connectivity index (χ1n) is 8.53. The first-order valence-corrected chi connectivity index (χ1v) is 8.53. The van der Waals surface area contributed by atoms with Crippen LogP contribution in [0.5, 0.6) is 0 Å². The zero-order valence-corrected chi connectivity index (χ0v) is 14.2. The third-order valence-electron chi connectivity index (χ3n) is 4.35. The first kappa shape index (κ1) is 17.0. The molecule has 0 aliphatic carbocycles. The van der Waals surface area contributed by atoms with Gasteiger partial charge >= 0.3 is 6.03 Å². The van der Waals surface area contributed by atoms with Gasteiger partial charge < -0.3 is 15.6 Å². The van der Waals surface area contributed by atoms with E-state index in [0.717, 1.165) is 22.9 Å². The number of hydrogen-bond acceptors (Lipinski definition) is 3. The highest BCUT2D eigenvalue weighted by Gasteiger charge is 2.38. The van der Waals surface area contributed by atoms with Crippen molar-refractivity contribution in [2.45, 2.75) is 32.2 Å². The molecule has 0 spiro atoms. The van der Waals surface area contributed by atoms with Gasteiger partial charge in [0.15, 0.2) is 0 Å². The summed E-state index contributed by atoms with van der Waals surface area (Å²) in [5.74, 6) is -0.560. The lowest BCUT2D eigenvalue weighted by Crippen LogP contribution is -2.37. The van der Waals surface area contributed by atoms with Gasteiger partial charge in [0.25, 0.3) is 5.91 Å². The maximum Gasteiger partial charge on any atom is 0.324 e. The van der Waals surface area contributed by atoms with E-state index in [4.69, 9.17) is 0 Å². The van der Waals surface area contributed by atoms with Gasteiger partial charge in [-0.15, -0.1) is 0 Å². The number of carbonyl (C=O) groups excluding carboxylic acids is 3. The number of hydrogen-bond donors (Lipinski definition) is 3.